The summed E-state index contributed by atoms with van der Waals surface area (Å²) in [6.07, 6.45) is 5.55. The monoisotopic (exact) mass is 428 g/mol. The zero-order valence-electron chi connectivity index (χ0n) is 15.7. The summed E-state index contributed by atoms with van der Waals surface area (Å²) in [5.41, 5.74) is 1.82. The number of carbonyl (C=O) groups excluding carboxylic acids is 1. The maximum Gasteiger partial charge on any atom is 0.229 e. The fraction of sp³-hybridized carbons (Fsp3) is 0.500. The van der Waals surface area contributed by atoms with E-state index >= 15 is 0 Å². The number of pyridine rings is 1. The van der Waals surface area contributed by atoms with Crippen molar-refractivity contribution in [1.82, 2.24) is 20.1 Å². The van der Waals surface area contributed by atoms with Gasteiger partial charge < -0.3 is 20.3 Å². The maximum absolute atomic E-state index is 12.8. The summed E-state index contributed by atoms with van der Waals surface area (Å²) in [5.74, 6) is 0.967. The van der Waals surface area contributed by atoms with Gasteiger partial charge in [-0.2, -0.15) is 5.10 Å². The normalized spacial score (nSPS) is 21.5. The molecular formula is C18H26Cl2N6O2. The molecule has 2 aromatic heterocycles. The van der Waals surface area contributed by atoms with Gasteiger partial charge in [0.25, 0.3) is 0 Å². The van der Waals surface area contributed by atoms with Crippen LogP contribution in [0.15, 0.2) is 30.7 Å². The molecule has 2 N–H and O–H groups in total. The Hall–Kier alpha value is -1.87. The lowest BCUT2D eigenvalue weighted by Crippen LogP contribution is -2.36. The molecule has 0 saturated carbocycles. The van der Waals surface area contributed by atoms with Crippen LogP contribution in [0.5, 0.6) is 0 Å². The van der Waals surface area contributed by atoms with E-state index in [0.717, 1.165) is 49.9 Å². The van der Waals surface area contributed by atoms with Crippen molar-refractivity contribution in [3.63, 3.8) is 0 Å². The Balaban J connectivity index is 0.00000140. The van der Waals surface area contributed by atoms with Gasteiger partial charge in [0.2, 0.25) is 5.91 Å². The van der Waals surface area contributed by atoms with Gasteiger partial charge in [-0.05, 0) is 17.7 Å². The van der Waals surface area contributed by atoms with Crippen LogP contribution in [-0.4, -0.2) is 60.1 Å². The first-order chi connectivity index (χ1) is 12.7. The number of morpholine rings is 1. The molecular weight excluding hydrogens is 403 g/mol. The van der Waals surface area contributed by atoms with E-state index in [1.54, 1.807) is 10.9 Å². The number of hydrogen-bond donors (Lipinski definition) is 2. The van der Waals surface area contributed by atoms with Gasteiger partial charge in [0.1, 0.15) is 5.82 Å². The molecule has 0 aliphatic carbocycles. The third kappa shape index (κ3) is 4.94. The number of anilines is 2. The van der Waals surface area contributed by atoms with Crippen LogP contribution in [0.4, 0.5) is 11.5 Å². The molecule has 0 unspecified atom stereocenters. The molecule has 2 aliphatic heterocycles. The molecule has 0 aromatic carbocycles. The van der Waals surface area contributed by atoms with Crippen LogP contribution in [0, 0.1) is 5.92 Å². The number of halogens is 2. The Labute approximate surface area is 176 Å². The fourth-order valence-electron chi connectivity index (χ4n) is 3.61. The third-order valence-corrected chi connectivity index (χ3v) is 5.05. The second kappa shape index (κ2) is 10.1. The zero-order chi connectivity index (χ0) is 17.9. The molecule has 4 rings (SSSR count). The summed E-state index contributed by atoms with van der Waals surface area (Å²) in [5, 5.41) is 10.6. The van der Waals surface area contributed by atoms with Gasteiger partial charge in [-0.25, -0.2) is 4.98 Å². The summed E-state index contributed by atoms with van der Waals surface area (Å²) in [7, 11) is 1.89. The number of aryl methyl sites for hydroxylation is 1. The fourth-order valence-corrected chi connectivity index (χ4v) is 3.61. The molecule has 2 aromatic rings. The average Bonchev–Trinajstić information content (AvgIpc) is 3.32. The molecule has 0 spiro atoms. The van der Waals surface area contributed by atoms with Crippen molar-refractivity contribution in [2.75, 3.05) is 49.6 Å². The Morgan fingerprint density at radius 3 is 2.64 bits per heavy atom. The number of amides is 1. The van der Waals surface area contributed by atoms with Crippen LogP contribution in [0.2, 0.25) is 0 Å². The lowest BCUT2D eigenvalue weighted by atomic mass is 9.90. The molecule has 154 valence electrons. The Morgan fingerprint density at radius 2 is 2.00 bits per heavy atom. The van der Waals surface area contributed by atoms with Gasteiger partial charge in [-0.3, -0.25) is 9.48 Å². The number of ether oxygens (including phenoxy) is 1. The quantitative estimate of drug-likeness (QED) is 0.766. The highest BCUT2D eigenvalue weighted by atomic mass is 35.5. The van der Waals surface area contributed by atoms with Crippen molar-refractivity contribution in [1.29, 1.82) is 0 Å². The Kier molecular flexibility index (Phi) is 8.06. The molecule has 2 saturated heterocycles. The van der Waals surface area contributed by atoms with Crippen LogP contribution in [0.3, 0.4) is 0 Å². The van der Waals surface area contributed by atoms with Gasteiger partial charge in [-0.15, -0.1) is 24.8 Å². The van der Waals surface area contributed by atoms with E-state index in [2.05, 4.69) is 25.6 Å². The molecule has 4 heterocycles. The van der Waals surface area contributed by atoms with E-state index < -0.39 is 0 Å². The topological polar surface area (TPSA) is 84.3 Å². The zero-order valence-corrected chi connectivity index (χ0v) is 17.3. The van der Waals surface area contributed by atoms with Gasteiger partial charge in [-0.1, -0.05) is 0 Å². The first kappa shape index (κ1) is 22.4. The molecule has 10 heteroatoms. The largest absolute Gasteiger partial charge is 0.378 e. The van der Waals surface area contributed by atoms with Crippen LogP contribution in [0.25, 0.3) is 0 Å². The minimum atomic E-state index is -0.113. The summed E-state index contributed by atoms with van der Waals surface area (Å²) < 4.78 is 7.14. The number of aromatic nitrogens is 3. The molecule has 2 atom stereocenters. The van der Waals surface area contributed by atoms with E-state index in [9.17, 15) is 4.79 Å². The summed E-state index contributed by atoms with van der Waals surface area (Å²) in [6, 6.07) is 3.86. The standard InChI is InChI=1S/C18H24N6O2.2ClH/c1-23-12-13(8-21-23)15-10-19-11-16(15)18(25)22-14-2-3-17(20-9-14)24-4-6-26-7-5-24;;/h2-3,8-9,12,15-16,19H,4-7,10-11H2,1H3,(H,22,25);2*1H/t15-,16+;;/m1../s1. The van der Waals surface area contributed by atoms with E-state index in [-0.39, 0.29) is 42.6 Å². The van der Waals surface area contributed by atoms with E-state index in [0.29, 0.717) is 6.54 Å². The first-order valence-corrected chi connectivity index (χ1v) is 8.99. The molecule has 1 amide bonds. The smallest absolute Gasteiger partial charge is 0.229 e. The van der Waals surface area contributed by atoms with Crippen molar-refractivity contribution in [2.24, 2.45) is 13.0 Å². The van der Waals surface area contributed by atoms with Crippen molar-refractivity contribution >= 4 is 42.2 Å². The number of nitrogens with zero attached hydrogens (tertiary/aromatic N) is 4. The van der Waals surface area contributed by atoms with Crippen molar-refractivity contribution in [3.8, 4) is 0 Å². The number of hydrogen-bond acceptors (Lipinski definition) is 6. The minimum Gasteiger partial charge on any atom is -0.378 e. The second-order valence-corrected chi connectivity index (χ2v) is 6.81. The van der Waals surface area contributed by atoms with Crippen LogP contribution >= 0.6 is 24.8 Å². The number of carbonyl (C=O) groups is 1. The van der Waals surface area contributed by atoms with E-state index in [4.69, 9.17) is 4.74 Å². The van der Waals surface area contributed by atoms with Crippen molar-refractivity contribution in [3.05, 3.63) is 36.3 Å². The van der Waals surface area contributed by atoms with Gasteiger partial charge >= 0.3 is 0 Å². The molecule has 0 bridgehead atoms. The number of rotatable bonds is 4. The number of nitrogens with one attached hydrogen (secondary N) is 2. The van der Waals surface area contributed by atoms with Gasteiger partial charge in [0.15, 0.2) is 0 Å². The predicted octanol–water partition coefficient (Wildman–Crippen LogP) is 1.44. The molecule has 0 radical (unpaired) electrons. The highest BCUT2D eigenvalue weighted by Gasteiger charge is 2.34. The SMILES string of the molecule is Cl.Cl.Cn1cc([C@H]2CNC[C@@H]2C(=O)Nc2ccc(N3CCOCC3)nc2)cn1. The highest BCUT2D eigenvalue weighted by Crippen LogP contribution is 2.29. The lowest BCUT2D eigenvalue weighted by Gasteiger charge is -2.27. The third-order valence-electron chi connectivity index (χ3n) is 5.05. The predicted molar refractivity (Wildman–Crippen MR) is 113 cm³/mol. The van der Waals surface area contributed by atoms with Crippen molar-refractivity contribution in [2.45, 2.75) is 5.92 Å². The summed E-state index contributed by atoms with van der Waals surface area (Å²) in [4.78, 5) is 19.4. The van der Waals surface area contributed by atoms with Crippen LogP contribution in [-0.2, 0) is 16.6 Å². The molecule has 8 nitrogen and oxygen atoms in total. The summed E-state index contributed by atoms with van der Waals surface area (Å²) >= 11 is 0. The molecule has 2 aliphatic rings. The van der Waals surface area contributed by atoms with E-state index in [1.807, 2.05) is 31.6 Å². The first-order valence-electron chi connectivity index (χ1n) is 8.99. The Morgan fingerprint density at radius 1 is 1.21 bits per heavy atom. The molecule has 28 heavy (non-hydrogen) atoms. The average molecular weight is 429 g/mol. The molecule has 2 fully saturated rings. The maximum atomic E-state index is 12.8. The minimum absolute atomic E-state index is 0. The van der Waals surface area contributed by atoms with Gasteiger partial charge in [0.05, 0.1) is 37.2 Å². The van der Waals surface area contributed by atoms with Crippen LogP contribution in [0.1, 0.15) is 11.5 Å². The Bertz CT molecular complexity index is 764. The highest BCUT2D eigenvalue weighted by molar-refractivity contribution is 5.93. The van der Waals surface area contributed by atoms with Crippen LogP contribution < -0.4 is 15.5 Å². The van der Waals surface area contributed by atoms with E-state index in [1.165, 1.54) is 0 Å². The summed E-state index contributed by atoms with van der Waals surface area (Å²) in [6.45, 7) is 4.61. The second-order valence-electron chi connectivity index (χ2n) is 6.81. The van der Waals surface area contributed by atoms with Gasteiger partial charge in [0, 0.05) is 45.3 Å². The van der Waals surface area contributed by atoms with Crippen molar-refractivity contribution < 1.29 is 9.53 Å². The lowest BCUT2D eigenvalue weighted by molar-refractivity contribution is -0.119.